The van der Waals surface area contributed by atoms with Gasteiger partial charge in [-0.05, 0) is 30.7 Å². The molecule has 0 spiro atoms. The molecule has 0 heterocycles. The van der Waals surface area contributed by atoms with Gasteiger partial charge in [-0.1, -0.05) is 5.11 Å². The van der Waals surface area contributed by atoms with E-state index in [4.69, 9.17) is 11.5 Å². The second-order valence-electron chi connectivity index (χ2n) is 3.54. The van der Waals surface area contributed by atoms with Crippen molar-refractivity contribution in [3.05, 3.63) is 10.4 Å². The minimum absolute atomic E-state index is 0. The van der Waals surface area contributed by atoms with Gasteiger partial charge in [0.25, 0.3) is 0 Å². The molecule has 1 saturated carbocycles. The Morgan fingerprint density at radius 1 is 1.54 bits per heavy atom. The minimum Gasteiger partial charge on any atom is -0.207 e. The average molecular weight is 200 g/mol. The Bertz CT molecular complexity index is 217. The van der Waals surface area contributed by atoms with Crippen molar-refractivity contribution in [1.29, 1.82) is 0 Å². The molecule has 0 bridgehead atoms. The molecule has 0 saturated heterocycles. The Kier molecular flexibility index (Phi) is 2.57. The number of rotatable bonds is 3. The van der Waals surface area contributed by atoms with Crippen LogP contribution in [0, 0.1) is 5.92 Å². The van der Waals surface area contributed by atoms with Crippen molar-refractivity contribution in [2.24, 2.45) is 11.0 Å². The summed E-state index contributed by atoms with van der Waals surface area (Å²) in [6.07, 6.45) is 1.86. The van der Waals surface area contributed by atoms with Gasteiger partial charge in [-0.25, -0.2) is 8.78 Å². The van der Waals surface area contributed by atoms with Crippen LogP contribution in [0.2, 0.25) is 0 Å². The summed E-state index contributed by atoms with van der Waals surface area (Å²) in [6.45, 7) is 0.437. The zero-order chi connectivity index (χ0) is 13.7. The van der Waals surface area contributed by atoms with Crippen molar-refractivity contribution >= 4 is 0 Å². The molecule has 1 fully saturated rings. The summed E-state index contributed by atoms with van der Waals surface area (Å²) in [4.78, 5) is 2.63. The molecule has 0 aliphatic heterocycles. The molecule has 0 aromatic carbocycles. The molecule has 0 amide bonds. The number of halogens is 2. The van der Waals surface area contributed by atoms with Gasteiger partial charge in [0, 0.05) is 31.7 Å². The number of hydrogen-bond donors (Lipinski definition) is 0. The molecular formula is C8H19F2N3. The summed E-state index contributed by atoms with van der Waals surface area (Å²) in [5.74, 6) is -2.13. The highest BCUT2D eigenvalue weighted by Gasteiger charge is 2.34. The molecule has 80 valence electrons. The monoisotopic (exact) mass is 200 g/mol. The molecule has 0 atom stereocenters. The van der Waals surface area contributed by atoms with Crippen LogP contribution in [-0.2, 0) is 0 Å². The highest BCUT2D eigenvalue weighted by molar-refractivity contribution is 4.77. The lowest BCUT2D eigenvalue weighted by atomic mass is 9.85. The molecular weight excluding hydrogens is 176 g/mol. The Morgan fingerprint density at radius 3 is 2.69 bits per heavy atom. The van der Waals surface area contributed by atoms with E-state index in [0.717, 1.165) is 6.42 Å². The highest BCUT2D eigenvalue weighted by Crippen LogP contribution is 2.37. The maximum Gasteiger partial charge on any atom is 0.248 e. The molecule has 1 aliphatic rings. The largest absolute Gasteiger partial charge is 0.248 e. The fourth-order valence-corrected chi connectivity index (χ4v) is 1.67. The summed E-state index contributed by atoms with van der Waals surface area (Å²) < 4.78 is 45.4. The molecule has 3 nitrogen and oxygen atoms in total. The van der Waals surface area contributed by atoms with Gasteiger partial charge in [-0.2, -0.15) is 0 Å². The van der Waals surface area contributed by atoms with Crippen LogP contribution < -0.4 is 0 Å². The summed E-state index contributed by atoms with van der Waals surface area (Å²) in [5.41, 5.74) is 8.02. The van der Waals surface area contributed by atoms with E-state index in [1.165, 1.54) is 0 Å². The van der Waals surface area contributed by atoms with Gasteiger partial charge in [0.05, 0.1) is 0 Å². The van der Waals surface area contributed by atoms with Crippen LogP contribution in [0.4, 0.5) is 8.78 Å². The zero-order valence-electron chi connectivity index (χ0n) is 11.4. The van der Waals surface area contributed by atoms with Gasteiger partial charge in [-0.3, -0.25) is 0 Å². The van der Waals surface area contributed by atoms with Crippen LogP contribution in [0.25, 0.3) is 10.4 Å². The van der Waals surface area contributed by atoms with Gasteiger partial charge < -0.3 is 0 Å². The third-order valence-corrected chi connectivity index (χ3v) is 2.54. The SMILES string of the molecule is [2HH].[2H][2H].[2H][2H].[N-]=[N+]=NCCC1CCC(F)(F)CC1. The van der Waals surface area contributed by atoms with Gasteiger partial charge >= 0.3 is 0 Å². The molecule has 0 N–H and O–H groups in total. The first-order valence-corrected chi connectivity index (χ1v) is 4.53. The molecule has 0 unspecified atom stereocenters. The van der Waals surface area contributed by atoms with Gasteiger partial charge in [0.15, 0.2) is 0 Å². The van der Waals surface area contributed by atoms with Crippen LogP contribution in [0.5, 0.6) is 0 Å². The molecule has 1 aliphatic carbocycles. The van der Waals surface area contributed by atoms with E-state index in [-0.39, 0.29) is 14.3 Å². The summed E-state index contributed by atoms with van der Waals surface area (Å²) in [7, 11) is 0. The Balaban J connectivity index is -0.000000409. The first-order chi connectivity index (χ1) is 8.14. The molecule has 0 aromatic heterocycles. The van der Waals surface area contributed by atoms with Gasteiger partial charge in [0.1, 0.15) is 0 Å². The van der Waals surface area contributed by atoms with Crippen molar-refractivity contribution in [3.63, 3.8) is 0 Å². The lowest BCUT2D eigenvalue weighted by Gasteiger charge is -2.27. The standard InChI is InChI=1S/C8H13F2N3.3H2/c9-8(10)4-1-7(2-5-8)3-6-12-13-11;;;/h7H,1-6H2;3*1H/i;2*1+1D;1+1. The Morgan fingerprint density at radius 2 is 2.15 bits per heavy atom. The predicted molar refractivity (Wildman–Crippen MR) is 51.9 cm³/mol. The van der Waals surface area contributed by atoms with Crippen molar-refractivity contribution in [2.75, 3.05) is 6.54 Å². The van der Waals surface area contributed by atoms with Crippen molar-refractivity contribution in [2.45, 2.75) is 38.0 Å². The predicted octanol–water partition coefficient (Wildman–Crippen LogP) is 4.25. The van der Waals surface area contributed by atoms with Crippen molar-refractivity contribution < 1.29 is 16.1 Å². The topological polar surface area (TPSA) is 48.8 Å². The zero-order valence-corrected chi connectivity index (χ0v) is 7.42. The first-order valence-electron chi connectivity index (χ1n) is 6.53. The van der Waals surface area contributed by atoms with Crippen LogP contribution in [-0.4, -0.2) is 12.5 Å². The maximum atomic E-state index is 12.7. The van der Waals surface area contributed by atoms with Crippen LogP contribution in [0.3, 0.4) is 0 Å². The summed E-state index contributed by atoms with van der Waals surface area (Å²) in [5, 5.41) is 3.40. The quantitative estimate of drug-likeness (QED) is 0.371. The fourth-order valence-electron chi connectivity index (χ4n) is 1.67. The number of nitrogens with zero attached hydrogens (tertiary/aromatic N) is 3. The molecule has 0 radical (unpaired) electrons. The normalized spacial score (nSPS) is 23.5. The van der Waals surface area contributed by atoms with E-state index in [1.54, 1.807) is 0 Å². The van der Waals surface area contributed by atoms with Crippen molar-refractivity contribution in [1.82, 2.24) is 0 Å². The van der Waals surface area contributed by atoms with E-state index in [2.05, 4.69) is 10.0 Å². The maximum absolute atomic E-state index is 12.7. The minimum atomic E-state index is -2.45. The summed E-state index contributed by atoms with van der Waals surface area (Å²) in [6, 6.07) is 0. The van der Waals surface area contributed by atoms with E-state index >= 15 is 0 Å². The Labute approximate surface area is 83.4 Å². The number of azide groups is 1. The second kappa shape index (κ2) is 4.42. The molecule has 1 rings (SSSR count). The van der Waals surface area contributed by atoms with Crippen LogP contribution in [0.15, 0.2) is 5.11 Å². The lowest BCUT2D eigenvalue weighted by Crippen LogP contribution is -2.24. The van der Waals surface area contributed by atoms with E-state index in [1.807, 2.05) is 0 Å². The van der Waals surface area contributed by atoms with Gasteiger partial charge in [-0.15, -0.1) is 0 Å². The smallest absolute Gasteiger partial charge is 0.207 e. The third-order valence-electron chi connectivity index (χ3n) is 2.54. The van der Waals surface area contributed by atoms with E-state index in [0.29, 0.717) is 25.3 Å². The second-order valence-corrected chi connectivity index (χ2v) is 3.54. The molecule has 0 aromatic rings. The summed E-state index contributed by atoms with van der Waals surface area (Å²) >= 11 is 0. The fraction of sp³-hybridized carbons (Fsp3) is 1.00. The lowest BCUT2D eigenvalue weighted by molar-refractivity contribution is -0.0462. The van der Waals surface area contributed by atoms with Gasteiger partial charge in [0.2, 0.25) is 5.92 Å². The van der Waals surface area contributed by atoms with Crippen molar-refractivity contribution in [3.8, 4) is 0 Å². The average Bonchev–Trinajstić information content (AvgIpc) is 2.37. The third kappa shape index (κ3) is 3.59. The van der Waals surface area contributed by atoms with Crippen LogP contribution in [0.1, 0.15) is 39.5 Å². The molecule has 13 heavy (non-hydrogen) atoms. The van der Waals surface area contributed by atoms with E-state index < -0.39 is 5.92 Å². The number of alkyl halides is 2. The highest BCUT2D eigenvalue weighted by atomic mass is 19.3. The van der Waals surface area contributed by atoms with E-state index in [9.17, 15) is 8.78 Å². The van der Waals surface area contributed by atoms with Crippen LogP contribution >= 0.6 is 0 Å². The number of hydrogen-bond acceptors (Lipinski definition) is 1. The first kappa shape index (κ1) is 7.56. The Hall–Kier alpha value is -0.830. The molecule has 5 heteroatoms.